The predicted molar refractivity (Wildman–Crippen MR) is 58.4 cm³/mol. The van der Waals surface area contributed by atoms with Gasteiger partial charge in [0, 0.05) is 18.1 Å². The van der Waals surface area contributed by atoms with Crippen LogP contribution in [-0.4, -0.2) is 42.8 Å². The average molecular weight is 238 g/mol. The van der Waals surface area contributed by atoms with Gasteiger partial charge in [-0.2, -0.15) is 13.2 Å². The summed E-state index contributed by atoms with van der Waals surface area (Å²) >= 11 is 0. The summed E-state index contributed by atoms with van der Waals surface area (Å²) < 4.78 is 37.2. The van der Waals surface area contributed by atoms with E-state index < -0.39 is 12.7 Å². The lowest BCUT2D eigenvalue weighted by molar-refractivity contribution is -0.152. The van der Waals surface area contributed by atoms with Crippen molar-refractivity contribution in [2.75, 3.05) is 13.6 Å². The number of nitrogens with zero attached hydrogens (tertiary/aromatic N) is 1. The van der Waals surface area contributed by atoms with Crippen molar-refractivity contribution in [3.8, 4) is 0 Å². The highest BCUT2D eigenvalue weighted by Crippen LogP contribution is 2.32. The molecule has 0 spiro atoms. The number of hydrogen-bond acceptors (Lipinski definition) is 2. The second-order valence-corrected chi connectivity index (χ2v) is 4.79. The molecule has 0 amide bonds. The Labute approximate surface area is 95.2 Å². The molecule has 0 bridgehead atoms. The predicted octanol–water partition coefficient (Wildman–Crippen LogP) is 2.40. The molecule has 96 valence electrons. The normalized spacial score (nSPS) is 21.2. The summed E-state index contributed by atoms with van der Waals surface area (Å²) in [4.78, 5) is 1.61. The molecule has 0 radical (unpaired) electrons. The van der Waals surface area contributed by atoms with Crippen molar-refractivity contribution in [3.63, 3.8) is 0 Å². The molecule has 0 aromatic rings. The molecule has 1 aliphatic carbocycles. The van der Waals surface area contributed by atoms with Gasteiger partial charge in [-0.1, -0.05) is 0 Å². The average Bonchev–Trinajstić information content (AvgIpc) is 2.95. The monoisotopic (exact) mass is 238 g/mol. The highest BCUT2D eigenvalue weighted by Gasteiger charge is 2.40. The van der Waals surface area contributed by atoms with E-state index >= 15 is 0 Å². The zero-order valence-electron chi connectivity index (χ0n) is 10.1. The Hall–Kier alpha value is -0.290. The van der Waals surface area contributed by atoms with Gasteiger partial charge in [0.05, 0.1) is 6.54 Å². The molecule has 2 nitrogen and oxygen atoms in total. The minimum Gasteiger partial charge on any atom is -0.317 e. The van der Waals surface area contributed by atoms with Crippen LogP contribution in [0.25, 0.3) is 0 Å². The molecular weight excluding hydrogens is 217 g/mol. The lowest BCUT2D eigenvalue weighted by Crippen LogP contribution is -2.44. The Morgan fingerprint density at radius 2 is 1.88 bits per heavy atom. The Morgan fingerprint density at radius 3 is 2.25 bits per heavy atom. The topological polar surface area (TPSA) is 15.3 Å². The fourth-order valence-corrected chi connectivity index (χ4v) is 2.02. The molecule has 1 fully saturated rings. The molecule has 2 atom stereocenters. The van der Waals surface area contributed by atoms with E-state index in [0.29, 0.717) is 0 Å². The molecule has 0 aromatic heterocycles. The Bertz CT molecular complexity index is 214. The largest absolute Gasteiger partial charge is 0.401 e. The molecule has 0 saturated heterocycles. The van der Waals surface area contributed by atoms with Gasteiger partial charge >= 0.3 is 6.18 Å². The van der Waals surface area contributed by atoms with E-state index in [1.54, 1.807) is 4.90 Å². The Morgan fingerprint density at radius 1 is 1.31 bits per heavy atom. The van der Waals surface area contributed by atoms with Gasteiger partial charge in [0.25, 0.3) is 0 Å². The van der Waals surface area contributed by atoms with Crippen molar-refractivity contribution in [2.24, 2.45) is 0 Å². The summed E-state index contributed by atoms with van der Waals surface area (Å²) in [5.74, 6) is 0. The molecule has 1 N–H and O–H groups in total. The van der Waals surface area contributed by atoms with E-state index in [2.05, 4.69) is 5.32 Å². The molecule has 1 rings (SSSR count). The van der Waals surface area contributed by atoms with E-state index in [1.807, 2.05) is 20.9 Å². The maximum Gasteiger partial charge on any atom is 0.401 e. The lowest BCUT2D eigenvalue weighted by atomic mass is 10.1. The summed E-state index contributed by atoms with van der Waals surface area (Å²) in [6.07, 6.45) is -1.51. The van der Waals surface area contributed by atoms with Crippen molar-refractivity contribution in [1.29, 1.82) is 0 Å². The van der Waals surface area contributed by atoms with Crippen LogP contribution in [-0.2, 0) is 0 Å². The van der Waals surface area contributed by atoms with Crippen LogP contribution in [0.3, 0.4) is 0 Å². The SMILES string of the molecule is CNC(C)CC(C)N(CC(F)(F)F)C1CC1. The highest BCUT2D eigenvalue weighted by atomic mass is 19.4. The summed E-state index contributed by atoms with van der Waals surface area (Å²) in [5, 5.41) is 3.06. The van der Waals surface area contributed by atoms with Crippen LogP contribution in [0.4, 0.5) is 13.2 Å². The van der Waals surface area contributed by atoms with Crippen LogP contribution in [0.1, 0.15) is 33.1 Å². The minimum atomic E-state index is -4.08. The van der Waals surface area contributed by atoms with Crippen molar-refractivity contribution in [1.82, 2.24) is 10.2 Å². The first-order chi connectivity index (χ1) is 7.33. The van der Waals surface area contributed by atoms with Gasteiger partial charge in [-0.05, 0) is 40.2 Å². The van der Waals surface area contributed by atoms with Gasteiger partial charge < -0.3 is 5.32 Å². The third-order valence-corrected chi connectivity index (χ3v) is 3.13. The van der Waals surface area contributed by atoms with Crippen LogP contribution in [0.15, 0.2) is 0 Å². The standard InChI is InChI=1S/C11H21F3N2/c1-8(15-3)6-9(2)16(10-4-5-10)7-11(12,13)14/h8-10,15H,4-7H2,1-3H3. The smallest absolute Gasteiger partial charge is 0.317 e. The number of rotatable bonds is 6. The van der Waals surface area contributed by atoms with Gasteiger partial charge in [0.1, 0.15) is 0 Å². The quantitative estimate of drug-likeness (QED) is 0.764. The third kappa shape index (κ3) is 4.70. The highest BCUT2D eigenvalue weighted by molar-refractivity contribution is 4.89. The van der Waals surface area contributed by atoms with Crippen LogP contribution in [0.5, 0.6) is 0 Å². The first-order valence-electron chi connectivity index (χ1n) is 5.83. The van der Waals surface area contributed by atoms with Gasteiger partial charge in [-0.3, -0.25) is 4.90 Å². The number of halogens is 3. The molecule has 0 aromatic carbocycles. The fourth-order valence-electron chi connectivity index (χ4n) is 2.02. The number of hydrogen-bond donors (Lipinski definition) is 1. The summed E-state index contributed by atoms with van der Waals surface area (Å²) in [5.41, 5.74) is 0. The van der Waals surface area contributed by atoms with Crippen molar-refractivity contribution in [2.45, 2.75) is 57.4 Å². The van der Waals surface area contributed by atoms with Crippen LogP contribution in [0, 0.1) is 0 Å². The van der Waals surface area contributed by atoms with E-state index in [9.17, 15) is 13.2 Å². The molecule has 1 aliphatic rings. The van der Waals surface area contributed by atoms with Gasteiger partial charge in [-0.25, -0.2) is 0 Å². The molecule has 2 unspecified atom stereocenters. The second kappa shape index (κ2) is 5.36. The zero-order valence-corrected chi connectivity index (χ0v) is 10.1. The van der Waals surface area contributed by atoms with Crippen molar-refractivity contribution < 1.29 is 13.2 Å². The van der Waals surface area contributed by atoms with Crippen molar-refractivity contribution >= 4 is 0 Å². The molecule has 0 heterocycles. The summed E-state index contributed by atoms with van der Waals surface area (Å²) in [6.45, 7) is 3.11. The second-order valence-electron chi connectivity index (χ2n) is 4.79. The Kier molecular flexibility index (Phi) is 4.62. The molecule has 16 heavy (non-hydrogen) atoms. The van der Waals surface area contributed by atoms with E-state index in [4.69, 9.17) is 0 Å². The van der Waals surface area contributed by atoms with Gasteiger partial charge in [0.15, 0.2) is 0 Å². The van der Waals surface area contributed by atoms with E-state index in [-0.39, 0.29) is 18.1 Å². The molecule has 0 aliphatic heterocycles. The van der Waals surface area contributed by atoms with E-state index in [1.165, 1.54) is 0 Å². The zero-order chi connectivity index (χ0) is 12.3. The number of nitrogens with one attached hydrogen (secondary N) is 1. The maximum absolute atomic E-state index is 12.4. The van der Waals surface area contributed by atoms with Crippen LogP contribution >= 0.6 is 0 Å². The molecule has 5 heteroatoms. The Balaban J connectivity index is 2.49. The lowest BCUT2D eigenvalue weighted by Gasteiger charge is -2.31. The minimum absolute atomic E-state index is 0.0171. The van der Waals surface area contributed by atoms with Crippen molar-refractivity contribution in [3.05, 3.63) is 0 Å². The third-order valence-electron chi connectivity index (χ3n) is 3.13. The number of alkyl halides is 3. The molecule has 1 saturated carbocycles. The molecular formula is C11H21F3N2. The summed E-state index contributed by atoms with van der Waals surface area (Å²) in [6, 6.07) is 0.390. The van der Waals surface area contributed by atoms with Gasteiger partial charge in [-0.15, -0.1) is 0 Å². The van der Waals surface area contributed by atoms with E-state index in [0.717, 1.165) is 19.3 Å². The van der Waals surface area contributed by atoms with Gasteiger partial charge in [0.2, 0.25) is 0 Å². The first-order valence-corrected chi connectivity index (χ1v) is 5.83. The first kappa shape index (κ1) is 13.8. The summed E-state index contributed by atoms with van der Waals surface area (Å²) in [7, 11) is 1.84. The van der Waals surface area contributed by atoms with Crippen LogP contribution < -0.4 is 5.32 Å². The fraction of sp³-hybridized carbons (Fsp3) is 1.00. The van der Waals surface area contributed by atoms with Crippen LogP contribution in [0.2, 0.25) is 0 Å². The maximum atomic E-state index is 12.4.